The molecule has 0 radical (unpaired) electrons. The lowest BCUT2D eigenvalue weighted by Gasteiger charge is -1.97. The molecule has 0 aromatic heterocycles. The van der Waals surface area contributed by atoms with E-state index >= 15 is 0 Å². The fourth-order valence-electron chi connectivity index (χ4n) is 0.887. The average molecular weight is 178 g/mol. The van der Waals surface area contributed by atoms with Crippen LogP contribution >= 0.6 is 11.6 Å². The molecule has 0 aliphatic heterocycles. The van der Waals surface area contributed by atoms with Crippen molar-refractivity contribution < 1.29 is 4.79 Å². The van der Waals surface area contributed by atoms with Crippen molar-refractivity contribution >= 4 is 17.4 Å². The van der Waals surface area contributed by atoms with Crippen LogP contribution in [0.3, 0.4) is 0 Å². The van der Waals surface area contributed by atoms with Crippen molar-refractivity contribution in [3.8, 4) is 0 Å². The van der Waals surface area contributed by atoms with Gasteiger partial charge >= 0.3 is 0 Å². The number of ketones is 1. The summed E-state index contributed by atoms with van der Waals surface area (Å²) in [6.45, 7) is 0.753. The van der Waals surface area contributed by atoms with Gasteiger partial charge in [0.1, 0.15) is 5.78 Å². The van der Waals surface area contributed by atoms with Gasteiger partial charge in [0, 0.05) is 6.42 Å². The maximum Gasteiger partial charge on any atom is 0.147 e. The molecule has 3 heteroatoms. The lowest BCUT2D eigenvalue weighted by atomic mass is 10.1. The van der Waals surface area contributed by atoms with E-state index in [2.05, 4.69) is 0 Å². The Morgan fingerprint density at radius 3 is 2.36 bits per heavy atom. The molecule has 2 N–H and O–H groups in total. The zero-order valence-electron chi connectivity index (χ0n) is 6.81. The minimum Gasteiger partial charge on any atom is -0.330 e. The van der Waals surface area contributed by atoms with E-state index < -0.39 is 0 Å². The van der Waals surface area contributed by atoms with Crippen LogP contribution in [-0.4, -0.2) is 18.2 Å². The number of rotatable bonds is 7. The largest absolute Gasteiger partial charge is 0.330 e. The number of hydrogen-bond donors (Lipinski definition) is 1. The van der Waals surface area contributed by atoms with Gasteiger partial charge in [0.15, 0.2) is 0 Å². The lowest BCUT2D eigenvalue weighted by molar-refractivity contribution is -0.116. The van der Waals surface area contributed by atoms with Crippen molar-refractivity contribution in [1.29, 1.82) is 0 Å². The standard InChI is InChI=1S/C8H16ClNO/c9-7-8(11)5-3-1-2-4-6-10/h1-7,10H2. The highest BCUT2D eigenvalue weighted by molar-refractivity contribution is 6.27. The molecule has 0 amide bonds. The van der Waals surface area contributed by atoms with E-state index in [0.717, 1.165) is 32.2 Å². The number of carbonyl (C=O) groups is 1. The summed E-state index contributed by atoms with van der Waals surface area (Å²) < 4.78 is 0. The molecule has 11 heavy (non-hydrogen) atoms. The minimum atomic E-state index is 0.152. The number of halogens is 1. The molecule has 0 aromatic carbocycles. The molecule has 0 aliphatic carbocycles. The molecule has 0 fully saturated rings. The molecule has 0 saturated heterocycles. The molecular formula is C8H16ClNO. The normalized spacial score (nSPS) is 10.0. The molecule has 0 unspecified atom stereocenters. The average Bonchev–Trinajstić information content (AvgIpc) is 2.04. The van der Waals surface area contributed by atoms with Crippen molar-refractivity contribution in [3.05, 3.63) is 0 Å². The van der Waals surface area contributed by atoms with Crippen LogP contribution in [0.5, 0.6) is 0 Å². The first-order chi connectivity index (χ1) is 5.31. The number of alkyl halides is 1. The highest BCUT2D eigenvalue weighted by Crippen LogP contribution is 2.02. The second-order valence-electron chi connectivity index (χ2n) is 2.63. The lowest BCUT2D eigenvalue weighted by Crippen LogP contribution is -2.00. The monoisotopic (exact) mass is 177 g/mol. The fourth-order valence-corrected chi connectivity index (χ4v) is 1.02. The predicted octanol–water partition coefficient (Wildman–Crippen LogP) is 1.70. The molecule has 0 spiro atoms. The Balaban J connectivity index is 2.95. The Hall–Kier alpha value is -0.0800. The van der Waals surface area contributed by atoms with Gasteiger partial charge in [-0.2, -0.15) is 0 Å². The number of Topliss-reactive ketones (excluding diaryl/α,β-unsaturated/α-hetero) is 1. The topological polar surface area (TPSA) is 43.1 Å². The number of nitrogens with two attached hydrogens (primary N) is 1. The maximum atomic E-state index is 10.7. The molecule has 0 bridgehead atoms. The first-order valence-corrected chi connectivity index (χ1v) is 4.62. The quantitative estimate of drug-likeness (QED) is 0.475. The van der Waals surface area contributed by atoms with Gasteiger partial charge in [-0.15, -0.1) is 11.6 Å². The molecular weight excluding hydrogens is 162 g/mol. The Kier molecular flexibility index (Phi) is 7.96. The SMILES string of the molecule is NCCCCCCC(=O)CCl. The van der Waals surface area contributed by atoms with Crippen molar-refractivity contribution in [2.45, 2.75) is 32.1 Å². The van der Waals surface area contributed by atoms with Gasteiger partial charge in [-0.05, 0) is 19.4 Å². The van der Waals surface area contributed by atoms with E-state index in [-0.39, 0.29) is 11.7 Å². The summed E-state index contributed by atoms with van der Waals surface area (Å²) >= 11 is 5.32. The molecule has 66 valence electrons. The Morgan fingerprint density at radius 1 is 1.18 bits per heavy atom. The Morgan fingerprint density at radius 2 is 1.82 bits per heavy atom. The van der Waals surface area contributed by atoms with Crippen LogP contribution in [0.4, 0.5) is 0 Å². The Bertz CT molecular complexity index is 106. The van der Waals surface area contributed by atoms with Crippen LogP contribution in [0.1, 0.15) is 32.1 Å². The fraction of sp³-hybridized carbons (Fsp3) is 0.875. The number of carbonyl (C=O) groups excluding carboxylic acids is 1. The summed E-state index contributed by atoms with van der Waals surface area (Å²) in [6.07, 6.45) is 4.89. The van der Waals surface area contributed by atoms with Crippen molar-refractivity contribution in [1.82, 2.24) is 0 Å². The van der Waals surface area contributed by atoms with E-state index in [1.165, 1.54) is 0 Å². The molecule has 0 rings (SSSR count). The van der Waals surface area contributed by atoms with Gasteiger partial charge in [0.25, 0.3) is 0 Å². The van der Waals surface area contributed by atoms with Gasteiger partial charge in [0.2, 0.25) is 0 Å². The number of unbranched alkanes of at least 4 members (excludes halogenated alkanes) is 3. The molecule has 2 nitrogen and oxygen atoms in total. The number of hydrogen-bond acceptors (Lipinski definition) is 2. The van der Waals surface area contributed by atoms with Crippen molar-refractivity contribution in [2.75, 3.05) is 12.4 Å². The van der Waals surface area contributed by atoms with Gasteiger partial charge in [0.05, 0.1) is 5.88 Å². The zero-order chi connectivity index (χ0) is 8.53. The van der Waals surface area contributed by atoms with E-state index in [1.54, 1.807) is 0 Å². The van der Waals surface area contributed by atoms with E-state index in [9.17, 15) is 4.79 Å². The van der Waals surface area contributed by atoms with Crippen molar-refractivity contribution in [2.24, 2.45) is 5.73 Å². The summed E-state index contributed by atoms with van der Waals surface area (Å²) in [4.78, 5) is 10.7. The van der Waals surface area contributed by atoms with Crippen molar-refractivity contribution in [3.63, 3.8) is 0 Å². The van der Waals surface area contributed by atoms with E-state index in [1.807, 2.05) is 0 Å². The third-order valence-electron chi connectivity index (χ3n) is 1.56. The second kappa shape index (κ2) is 8.02. The van der Waals surface area contributed by atoms with Crippen LogP contribution < -0.4 is 5.73 Å². The van der Waals surface area contributed by atoms with Gasteiger partial charge in [-0.3, -0.25) is 4.79 Å². The first-order valence-electron chi connectivity index (χ1n) is 4.09. The van der Waals surface area contributed by atoms with Crippen LogP contribution in [0, 0.1) is 0 Å². The van der Waals surface area contributed by atoms with Crippen LogP contribution in [0.25, 0.3) is 0 Å². The maximum absolute atomic E-state index is 10.7. The van der Waals surface area contributed by atoms with Crippen LogP contribution in [-0.2, 0) is 4.79 Å². The van der Waals surface area contributed by atoms with Gasteiger partial charge in [-0.1, -0.05) is 12.8 Å². The second-order valence-corrected chi connectivity index (χ2v) is 2.89. The van der Waals surface area contributed by atoms with Crippen LogP contribution in [0.2, 0.25) is 0 Å². The summed E-state index contributed by atoms with van der Waals surface area (Å²) in [5.41, 5.74) is 5.31. The molecule has 0 saturated carbocycles. The minimum absolute atomic E-state index is 0.152. The Labute approximate surface area is 73.1 Å². The zero-order valence-corrected chi connectivity index (χ0v) is 7.57. The van der Waals surface area contributed by atoms with Gasteiger partial charge in [-0.25, -0.2) is 0 Å². The highest BCUT2D eigenvalue weighted by Gasteiger charge is 1.97. The molecule has 0 heterocycles. The first kappa shape index (κ1) is 10.9. The summed E-state index contributed by atoms with van der Waals surface area (Å²) in [5.74, 6) is 0.316. The molecule has 0 aliphatic rings. The third kappa shape index (κ3) is 7.82. The van der Waals surface area contributed by atoms with Crippen LogP contribution in [0.15, 0.2) is 0 Å². The summed E-state index contributed by atoms with van der Waals surface area (Å²) in [5, 5.41) is 0. The summed E-state index contributed by atoms with van der Waals surface area (Å²) in [7, 11) is 0. The third-order valence-corrected chi connectivity index (χ3v) is 1.86. The highest BCUT2D eigenvalue weighted by atomic mass is 35.5. The smallest absolute Gasteiger partial charge is 0.147 e. The molecule has 0 aromatic rings. The molecule has 0 atom stereocenters. The van der Waals surface area contributed by atoms with E-state index in [0.29, 0.717) is 6.42 Å². The van der Waals surface area contributed by atoms with Gasteiger partial charge < -0.3 is 5.73 Å². The van der Waals surface area contributed by atoms with E-state index in [4.69, 9.17) is 17.3 Å². The summed E-state index contributed by atoms with van der Waals surface area (Å²) in [6, 6.07) is 0. The predicted molar refractivity (Wildman–Crippen MR) is 47.9 cm³/mol.